The van der Waals surface area contributed by atoms with Crippen molar-refractivity contribution in [1.29, 1.82) is 0 Å². The van der Waals surface area contributed by atoms with Crippen molar-refractivity contribution in [2.24, 2.45) is 0 Å². The summed E-state index contributed by atoms with van der Waals surface area (Å²) in [6, 6.07) is 14.4. The zero-order chi connectivity index (χ0) is 20.1. The lowest BCUT2D eigenvalue weighted by Crippen LogP contribution is -2.50. The van der Waals surface area contributed by atoms with Crippen LogP contribution in [-0.2, 0) is 20.6 Å². The molecule has 0 unspecified atom stereocenters. The van der Waals surface area contributed by atoms with Crippen molar-refractivity contribution in [3.63, 3.8) is 0 Å². The first-order valence-corrected chi connectivity index (χ1v) is 12.0. The summed E-state index contributed by atoms with van der Waals surface area (Å²) in [5, 5.41) is 0.498. The van der Waals surface area contributed by atoms with Gasteiger partial charge >= 0.3 is 0 Å². The largest absolute Gasteiger partial charge is 0.339 e. The van der Waals surface area contributed by atoms with Crippen LogP contribution in [0.1, 0.15) is 11.1 Å². The van der Waals surface area contributed by atoms with Crippen LogP contribution in [0.4, 0.5) is 0 Å². The molecule has 2 aromatic carbocycles. The Morgan fingerprint density at radius 2 is 1.75 bits per heavy atom. The van der Waals surface area contributed by atoms with Gasteiger partial charge in [0.2, 0.25) is 15.9 Å². The van der Waals surface area contributed by atoms with E-state index in [9.17, 15) is 13.2 Å². The molecule has 1 aliphatic rings. The standard InChI is InChI=1S/C20H23ClN2O3S2/c1-16-3-2-4-17(13-16)14-27-15-20(24)22-9-11-23(12-10-22)28(25,26)19-7-5-18(21)6-8-19/h2-8,13H,9-12,14-15H2,1H3. The minimum atomic E-state index is -3.55. The minimum absolute atomic E-state index is 0.0567. The molecule has 0 N–H and O–H groups in total. The zero-order valence-electron chi connectivity index (χ0n) is 15.7. The highest BCUT2D eigenvalue weighted by atomic mass is 35.5. The summed E-state index contributed by atoms with van der Waals surface area (Å²) in [6.45, 7) is 3.49. The van der Waals surface area contributed by atoms with Crippen LogP contribution in [0.2, 0.25) is 5.02 Å². The normalized spacial score (nSPS) is 15.6. The van der Waals surface area contributed by atoms with Crippen molar-refractivity contribution >= 4 is 39.3 Å². The predicted octanol–water partition coefficient (Wildman–Crippen LogP) is 3.41. The van der Waals surface area contributed by atoms with Crippen LogP contribution in [0.15, 0.2) is 53.4 Å². The van der Waals surface area contributed by atoms with Crippen LogP contribution in [0, 0.1) is 6.92 Å². The summed E-state index contributed by atoms with van der Waals surface area (Å²) in [4.78, 5) is 14.4. The van der Waals surface area contributed by atoms with Gasteiger partial charge in [0.25, 0.3) is 0 Å². The highest BCUT2D eigenvalue weighted by molar-refractivity contribution is 7.99. The molecule has 3 rings (SSSR count). The molecule has 0 saturated carbocycles. The van der Waals surface area contributed by atoms with Gasteiger partial charge in [0.15, 0.2) is 0 Å². The van der Waals surface area contributed by atoms with Crippen LogP contribution in [-0.4, -0.2) is 55.5 Å². The van der Waals surface area contributed by atoms with E-state index >= 15 is 0 Å². The molecule has 0 spiro atoms. The van der Waals surface area contributed by atoms with E-state index in [1.807, 2.05) is 6.07 Å². The summed E-state index contributed by atoms with van der Waals surface area (Å²) in [5.74, 6) is 1.25. The zero-order valence-corrected chi connectivity index (χ0v) is 18.1. The number of nitrogens with zero attached hydrogens (tertiary/aromatic N) is 2. The second kappa shape index (κ2) is 9.31. The van der Waals surface area contributed by atoms with Gasteiger partial charge in [-0.25, -0.2) is 8.42 Å². The molecule has 1 aliphatic heterocycles. The fourth-order valence-electron chi connectivity index (χ4n) is 3.08. The highest BCUT2D eigenvalue weighted by Gasteiger charge is 2.29. The number of carbonyl (C=O) groups excluding carboxylic acids is 1. The van der Waals surface area contributed by atoms with E-state index in [0.29, 0.717) is 37.0 Å². The van der Waals surface area contributed by atoms with Gasteiger partial charge in [0, 0.05) is 37.0 Å². The molecule has 2 aromatic rings. The number of amides is 1. The Hall–Kier alpha value is -1.54. The fourth-order valence-corrected chi connectivity index (χ4v) is 5.51. The number of hydrogen-bond donors (Lipinski definition) is 0. The summed E-state index contributed by atoms with van der Waals surface area (Å²) in [6.07, 6.45) is 0. The van der Waals surface area contributed by atoms with Crippen molar-refractivity contribution in [1.82, 2.24) is 9.21 Å². The van der Waals surface area contributed by atoms with Crippen molar-refractivity contribution in [3.05, 3.63) is 64.7 Å². The summed E-state index contributed by atoms with van der Waals surface area (Å²) in [5.41, 5.74) is 2.42. The van der Waals surface area contributed by atoms with E-state index in [1.54, 1.807) is 28.8 Å². The molecular weight excluding hydrogens is 416 g/mol. The third-order valence-corrected chi connectivity index (χ3v) is 7.77. The molecule has 8 heteroatoms. The number of benzene rings is 2. The van der Waals surface area contributed by atoms with Gasteiger partial charge in [0.05, 0.1) is 10.6 Å². The number of hydrogen-bond acceptors (Lipinski definition) is 4. The van der Waals surface area contributed by atoms with Crippen LogP contribution >= 0.6 is 23.4 Å². The monoisotopic (exact) mass is 438 g/mol. The van der Waals surface area contributed by atoms with E-state index in [1.165, 1.54) is 27.6 Å². The molecule has 0 aliphatic carbocycles. The molecule has 5 nitrogen and oxygen atoms in total. The number of carbonyl (C=O) groups is 1. The van der Waals surface area contributed by atoms with Gasteiger partial charge < -0.3 is 4.90 Å². The van der Waals surface area contributed by atoms with E-state index in [4.69, 9.17) is 11.6 Å². The predicted molar refractivity (Wildman–Crippen MR) is 114 cm³/mol. The van der Waals surface area contributed by atoms with E-state index in [-0.39, 0.29) is 10.8 Å². The second-order valence-electron chi connectivity index (χ2n) is 6.72. The lowest BCUT2D eigenvalue weighted by atomic mass is 10.2. The van der Waals surface area contributed by atoms with E-state index < -0.39 is 10.0 Å². The highest BCUT2D eigenvalue weighted by Crippen LogP contribution is 2.20. The SMILES string of the molecule is Cc1cccc(CSCC(=O)N2CCN(S(=O)(=O)c3ccc(Cl)cc3)CC2)c1. The van der Waals surface area contributed by atoms with E-state index in [0.717, 1.165) is 5.75 Å². The molecule has 1 amide bonds. The topological polar surface area (TPSA) is 57.7 Å². The first kappa shape index (κ1) is 21.2. The van der Waals surface area contributed by atoms with Crippen LogP contribution in [0.3, 0.4) is 0 Å². The Kier molecular flexibility index (Phi) is 7.04. The van der Waals surface area contributed by atoms with Gasteiger partial charge in [-0.15, -0.1) is 11.8 Å². The fraction of sp³-hybridized carbons (Fsp3) is 0.350. The molecule has 28 heavy (non-hydrogen) atoms. The Morgan fingerprint density at radius 3 is 2.39 bits per heavy atom. The molecule has 0 atom stereocenters. The maximum atomic E-state index is 12.7. The molecule has 0 bridgehead atoms. The molecule has 150 valence electrons. The number of piperazine rings is 1. The van der Waals surface area contributed by atoms with E-state index in [2.05, 4.69) is 25.1 Å². The van der Waals surface area contributed by atoms with Gasteiger partial charge in [0.1, 0.15) is 0 Å². The number of thioether (sulfide) groups is 1. The maximum Gasteiger partial charge on any atom is 0.243 e. The third-order valence-electron chi connectivity index (χ3n) is 4.62. The average molecular weight is 439 g/mol. The summed E-state index contributed by atoms with van der Waals surface area (Å²) in [7, 11) is -3.55. The van der Waals surface area contributed by atoms with Crippen LogP contribution in [0.5, 0.6) is 0 Å². The lowest BCUT2D eigenvalue weighted by Gasteiger charge is -2.34. The van der Waals surface area contributed by atoms with Gasteiger partial charge in [-0.1, -0.05) is 41.4 Å². The molecule has 0 aromatic heterocycles. The number of sulfonamides is 1. The maximum absolute atomic E-state index is 12.7. The first-order chi connectivity index (χ1) is 13.4. The van der Waals surface area contributed by atoms with Crippen LogP contribution in [0.25, 0.3) is 0 Å². The molecule has 1 saturated heterocycles. The molecule has 1 fully saturated rings. The Morgan fingerprint density at radius 1 is 1.07 bits per heavy atom. The summed E-state index contributed by atoms with van der Waals surface area (Å²) < 4.78 is 26.8. The van der Waals surface area contributed by atoms with Gasteiger partial charge in [-0.05, 0) is 36.8 Å². The number of aryl methyl sites for hydroxylation is 1. The molecule has 0 radical (unpaired) electrons. The first-order valence-electron chi connectivity index (χ1n) is 9.03. The smallest absolute Gasteiger partial charge is 0.243 e. The van der Waals surface area contributed by atoms with Crippen molar-refractivity contribution in [2.75, 3.05) is 31.9 Å². The minimum Gasteiger partial charge on any atom is -0.339 e. The quantitative estimate of drug-likeness (QED) is 0.693. The van der Waals surface area contributed by atoms with Crippen LogP contribution < -0.4 is 0 Å². The molecular formula is C20H23ClN2O3S2. The van der Waals surface area contributed by atoms with Gasteiger partial charge in [-0.2, -0.15) is 4.31 Å². The third kappa shape index (κ3) is 5.29. The second-order valence-corrected chi connectivity index (χ2v) is 10.1. The lowest BCUT2D eigenvalue weighted by molar-refractivity contribution is -0.129. The number of rotatable bonds is 6. The Bertz CT molecular complexity index is 925. The van der Waals surface area contributed by atoms with Crippen molar-refractivity contribution < 1.29 is 13.2 Å². The van der Waals surface area contributed by atoms with Crippen molar-refractivity contribution in [3.8, 4) is 0 Å². The average Bonchev–Trinajstić information content (AvgIpc) is 2.68. The Balaban J connectivity index is 1.49. The number of halogens is 1. The summed E-state index contributed by atoms with van der Waals surface area (Å²) >= 11 is 7.42. The van der Waals surface area contributed by atoms with Gasteiger partial charge in [-0.3, -0.25) is 4.79 Å². The van der Waals surface area contributed by atoms with Crippen molar-refractivity contribution in [2.45, 2.75) is 17.6 Å². The Labute approximate surface area is 175 Å². The molecule has 1 heterocycles.